The van der Waals surface area contributed by atoms with E-state index in [1.54, 1.807) is 19.5 Å². The first-order valence-corrected chi connectivity index (χ1v) is 7.92. The summed E-state index contributed by atoms with van der Waals surface area (Å²) >= 11 is 0. The average Bonchev–Trinajstić information content (AvgIpc) is 2.88. The van der Waals surface area contributed by atoms with Crippen LogP contribution in [0.3, 0.4) is 0 Å². The molecule has 5 heteroatoms. The Bertz CT molecular complexity index is 950. The third kappa shape index (κ3) is 2.99. The maximum absolute atomic E-state index is 5.38. The highest BCUT2D eigenvalue weighted by Gasteiger charge is 2.18. The number of hydrogen-bond donors (Lipinski definition) is 1. The number of nitrogens with one attached hydrogen (secondary N) is 1. The molecule has 122 valence electrons. The van der Waals surface area contributed by atoms with Crippen LogP contribution in [0.5, 0.6) is 5.75 Å². The Morgan fingerprint density at radius 1 is 0.880 bits per heavy atom. The number of nitrogens with zero attached hydrogens (tertiary/aromatic N) is 3. The summed E-state index contributed by atoms with van der Waals surface area (Å²) in [6.07, 6.45) is 3.50. The summed E-state index contributed by atoms with van der Waals surface area (Å²) in [7, 11) is 1.65. The molecule has 4 rings (SSSR count). The molecule has 1 aliphatic rings. The van der Waals surface area contributed by atoms with Gasteiger partial charge >= 0.3 is 0 Å². The van der Waals surface area contributed by atoms with Crippen molar-refractivity contribution in [3.63, 3.8) is 0 Å². The first kappa shape index (κ1) is 15.1. The van der Waals surface area contributed by atoms with E-state index in [1.807, 2.05) is 60.7 Å². The number of hydrogen-bond acceptors (Lipinski definition) is 5. The number of pyridine rings is 1. The topological polar surface area (TPSA) is 58.9 Å². The maximum atomic E-state index is 5.38. The zero-order chi connectivity index (χ0) is 17.1. The second-order valence-corrected chi connectivity index (χ2v) is 5.52. The second kappa shape index (κ2) is 6.57. The van der Waals surface area contributed by atoms with Crippen LogP contribution < -0.4 is 10.2 Å². The zero-order valence-electron chi connectivity index (χ0n) is 13.7. The van der Waals surface area contributed by atoms with Crippen LogP contribution in [0, 0.1) is 0 Å². The molecular formula is C20H16N4O. The number of fused-ring (bicyclic) bond motifs is 1. The summed E-state index contributed by atoms with van der Waals surface area (Å²) in [4.78, 5) is 8.87. The van der Waals surface area contributed by atoms with Crippen molar-refractivity contribution in [1.82, 2.24) is 10.4 Å². The molecule has 1 aliphatic heterocycles. The Morgan fingerprint density at radius 3 is 2.44 bits per heavy atom. The predicted octanol–water partition coefficient (Wildman–Crippen LogP) is 3.52. The highest BCUT2D eigenvalue weighted by atomic mass is 16.5. The molecule has 1 aromatic heterocycles. The first-order chi connectivity index (χ1) is 12.3. The lowest BCUT2D eigenvalue weighted by Crippen LogP contribution is -2.19. The van der Waals surface area contributed by atoms with Gasteiger partial charge < -0.3 is 4.74 Å². The molecule has 2 aromatic carbocycles. The van der Waals surface area contributed by atoms with Gasteiger partial charge in [0.2, 0.25) is 0 Å². The van der Waals surface area contributed by atoms with E-state index in [2.05, 4.69) is 15.5 Å². The molecule has 0 saturated carbocycles. The predicted molar refractivity (Wildman–Crippen MR) is 98.6 cm³/mol. The summed E-state index contributed by atoms with van der Waals surface area (Å²) in [5.41, 5.74) is 7.58. The Balaban J connectivity index is 1.89. The molecule has 5 nitrogen and oxygen atoms in total. The van der Waals surface area contributed by atoms with Crippen LogP contribution in [0.15, 0.2) is 83.2 Å². The molecule has 0 spiro atoms. The van der Waals surface area contributed by atoms with Gasteiger partial charge in [0, 0.05) is 29.1 Å². The summed E-state index contributed by atoms with van der Waals surface area (Å²) in [5, 5.41) is 4.62. The van der Waals surface area contributed by atoms with E-state index in [1.165, 1.54) is 0 Å². The average molecular weight is 328 g/mol. The molecule has 25 heavy (non-hydrogen) atoms. The molecule has 0 bridgehead atoms. The monoisotopic (exact) mass is 328 g/mol. The fourth-order valence-electron chi connectivity index (χ4n) is 2.70. The smallest absolute Gasteiger partial charge is 0.154 e. The summed E-state index contributed by atoms with van der Waals surface area (Å²) in [5.74, 6) is 1.47. The van der Waals surface area contributed by atoms with Gasteiger partial charge in [0.05, 0.1) is 12.8 Å². The standard InChI is InChI=1S/C20H16N4O/c1-25-16-7-8-18-17(13-16)19(14-9-11-21-12-10-14)23-24-20(22-18)15-5-3-2-4-6-15/h2-13H,1H3,(H,22,24). The lowest BCUT2D eigenvalue weighted by Gasteiger charge is -2.09. The van der Waals surface area contributed by atoms with Crippen LogP contribution in [-0.2, 0) is 0 Å². The molecule has 1 N–H and O–H groups in total. The van der Waals surface area contributed by atoms with Crippen molar-refractivity contribution >= 4 is 17.2 Å². The van der Waals surface area contributed by atoms with E-state index in [0.29, 0.717) is 5.84 Å². The highest BCUT2D eigenvalue weighted by molar-refractivity contribution is 6.18. The van der Waals surface area contributed by atoms with Crippen molar-refractivity contribution in [3.05, 3.63) is 89.7 Å². The van der Waals surface area contributed by atoms with Crippen LogP contribution in [-0.4, -0.2) is 23.6 Å². The van der Waals surface area contributed by atoms with Gasteiger partial charge in [0.1, 0.15) is 11.5 Å². The van der Waals surface area contributed by atoms with Gasteiger partial charge in [-0.05, 0) is 30.3 Å². The van der Waals surface area contributed by atoms with Crippen LogP contribution in [0.1, 0.15) is 16.7 Å². The van der Waals surface area contributed by atoms with Crippen molar-refractivity contribution in [2.24, 2.45) is 10.1 Å². The molecular weight excluding hydrogens is 312 g/mol. The van der Waals surface area contributed by atoms with Gasteiger partial charge in [-0.15, -0.1) is 0 Å². The quantitative estimate of drug-likeness (QED) is 0.800. The van der Waals surface area contributed by atoms with Gasteiger partial charge in [-0.3, -0.25) is 10.4 Å². The fraction of sp³-hybridized carbons (Fsp3) is 0.0500. The third-order valence-electron chi connectivity index (χ3n) is 3.97. The maximum Gasteiger partial charge on any atom is 0.154 e. The number of hydrazone groups is 1. The van der Waals surface area contributed by atoms with Gasteiger partial charge in [-0.2, -0.15) is 5.10 Å². The molecule has 0 saturated heterocycles. The Morgan fingerprint density at radius 2 is 1.68 bits per heavy atom. The SMILES string of the molecule is COc1ccc2c(c1)C(c1ccncc1)=NNC(c1ccccc1)=N2. The van der Waals surface area contributed by atoms with Gasteiger partial charge in [-0.25, -0.2) is 4.99 Å². The van der Waals surface area contributed by atoms with Crippen molar-refractivity contribution < 1.29 is 4.74 Å². The van der Waals surface area contributed by atoms with Crippen molar-refractivity contribution in [2.45, 2.75) is 0 Å². The molecule has 0 radical (unpaired) electrons. The number of aromatic nitrogens is 1. The Labute approximate surface area is 145 Å². The lowest BCUT2D eigenvalue weighted by atomic mass is 10.0. The summed E-state index contributed by atoms with van der Waals surface area (Å²) in [6, 6.07) is 19.6. The molecule has 0 atom stereocenters. The van der Waals surface area contributed by atoms with E-state index in [9.17, 15) is 0 Å². The van der Waals surface area contributed by atoms with E-state index in [0.717, 1.165) is 33.8 Å². The largest absolute Gasteiger partial charge is 0.497 e. The van der Waals surface area contributed by atoms with Crippen molar-refractivity contribution in [2.75, 3.05) is 7.11 Å². The highest BCUT2D eigenvalue weighted by Crippen LogP contribution is 2.29. The minimum absolute atomic E-state index is 0.705. The molecule has 0 unspecified atom stereocenters. The fourth-order valence-corrected chi connectivity index (χ4v) is 2.70. The van der Waals surface area contributed by atoms with Gasteiger partial charge in [0.25, 0.3) is 0 Å². The van der Waals surface area contributed by atoms with Gasteiger partial charge in [-0.1, -0.05) is 30.3 Å². The van der Waals surface area contributed by atoms with E-state index >= 15 is 0 Å². The molecule has 0 fully saturated rings. The van der Waals surface area contributed by atoms with E-state index < -0.39 is 0 Å². The lowest BCUT2D eigenvalue weighted by molar-refractivity contribution is 0.415. The summed E-state index contributed by atoms with van der Waals surface area (Å²) < 4.78 is 5.38. The van der Waals surface area contributed by atoms with Crippen LogP contribution in [0.25, 0.3) is 0 Å². The minimum Gasteiger partial charge on any atom is -0.497 e. The number of benzene rings is 2. The minimum atomic E-state index is 0.705. The molecule has 2 heterocycles. The van der Waals surface area contributed by atoms with Crippen LogP contribution in [0.4, 0.5) is 5.69 Å². The number of aliphatic imine (C=N–C) groups is 1. The Kier molecular flexibility index (Phi) is 3.96. The molecule has 0 amide bonds. The van der Waals surface area contributed by atoms with E-state index in [4.69, 9.17) is 9.73 Å². The van der Waals surface area contributed by atoms with Crippen LogP contribution in [0.2, 0.25) is 0 Å². The molecule has 0 aliphatic carbocycles. The number of methoxy groups -OCH3 is 1. The zero-order valence-corrected chi connectivity index (χ0v) is 13.7. The third-order valence-corrected chi connectivity index (χ3v) is 3.97. The summed E-state index contributed by atoms with van der Waals surface area (Å²) in [6.45, 7) is 0. The van der Waals surface area contributed by atoms with Crippen molar-refractivity contribution in [1.29, 1.82) is 0 Å². The first-order valence-electron chi connectivity index (χ1n) is 7.92. The number of ether oxygens (including phenoxy) is 1. The second-order valence-electron chi connectivity index (χ2n) is 5.52. The normalized spacial score (nSPS) is 13.0. The molecule has 3 aromatic rings. The van der Waals surface area contributed by atoms with Crippen LogP contribution >= 0.6 is 0 Å². The number of amidine groups is 1. The Hall–Kier alpha value is -3.47. The van der Waals surface area contributed by atoms with E-state index in [-0.39, 0.29) is 0 Å². The van der Waals surface area contributed by atoms with Crippen molar-refractivity contribution in [3.8, 4) is 5.75 Å². The van der Waals surface area contributed by atoms with Gasteiger partial charge in [0.15, 0.2) is 5.84 Å². The number of rotatable bonds is 3.